The average Bonchev–Trinajstić information content (AvgIpc) is 3.02. The average molecular weight is 714 g/mol. The van der Waals surface area contributed by atoms with Crippen LogP contribution >= 0.6 is 0 Å². The maximum Gasteiger partial charge on any atom is 0.422 e. The number of carbonyl (C=O) groups is 5. The molecule has 0 aliphatic carbocycles. The lowest BCUT2D eigenvalue weighted by Gasteiger charge is -2.36. The molecule has 1 aromatic carbocycles. The van der Waals surface area contributed by atoms with Crippen molar-refractivity contribution in [3.05, 3.63) is 29.8 Å². The van der Waals surface area contributed by atoms with Gasteiger partial charge in [-0.1, -0.05) is 46.8 Å². The first-order valence-electron chi connectivity index (χ1n) is 15.8. The van der Waals surface area contributed by atoms with E-state index in [0.717, 1.165) is 15.6 Å². The molecule has 48 heavy (non-hydrogen) atoms. The number of aldehydes is 1. The van der Waals surface area contributed by atoms with Crippen molar-refractivity contribution < 1.29 is 46.3 Å². The first-order chi connectivity index (χ1) is 22.3. The van der Waals surface area contributed by atoms with Gasteiger partial charge in [-0.05, 0) is 54.6 Å². The molecule has 1 fully saturated rings. The number of piperidine rings is 1. The van der Waals surface area contributed by atoms with E-state index < -0.39 is 72.9 Å². The van der Waals surface area contributed by atoms with Gasteiger partial charge in [-0.2, -0.15) is 12.7 Å². The SMILES string of the molecule is COC(=O)C1CCN(S(=O)(=O)NC(=O)OCC(=O)N[C@H](C(=O)N[C@H](C=O)CNc2ccc(CO[Si](C)(C)C(C)(C)C)cc2)C(C)C)CC1. The Morgan fingerprint density at radius 3 is 2.17 bits per heavy atom. The minimum Gasteiger partial charge on any atom is -0.469 e. The smallest absolute Gasteiger partial charge is 0.422 e. The summed E-state index contributed by atoms with van der Waals surface area (Å²) >= 11 is 0. The van der Waals surface area contributed by atoms with Crippen molar-refractivity contribution in [2.45, 2.75) is 84.3 Å². The molecule has 0 bridgehead atoms. The van der Waals surface area contributed by atoms with Gasteiger partial charge in [-0.3, -0.25) is 14.4 Å². The number of amides is 3. The molecule has 17 heteroatoms. The fraction of sp³-hybridized carbons (Fsp3) is 0.645. The number of hydrogen-bond acceptors (Lipinski definition) is 11. The third-order valence-corrected chi connectivity index (χ3v) is 14.5. The van der Waals surface area contributed by atoms with Gasteiger partial charge in [0.2, 0.25) is 5.91 Å². The second kappa shape index (κ2) is 17.7. The molecule has 1 aliphatic rings. The Morgan fingerprint density at radius 1 is 1.04 bits per heavy atom. The van der Waals surface area contributed by atoms with Crippen LogP contribution in [0.4, 0.5) is 10.5 Å². The highest BCUT2D eigenvalue weighted by molar-refractivity contribution is 7.87. The summed E-state index contributed by atoms with van der Waals surface area (Å²) in [7, 11) is -4.91. The zero-order valence-electron chi connectivity index (χ0n) is 29.1. The summed E-state index contributed by atoms with van der Waals surface area (Å²) in [6.45, 7) is 14.0. The highest BCUT2D eigenvalue weighted by Gasteiger charge is 2.37. The maximum atomic E-state index is 13.0. The van der Waals surface area contributed by atoms with Gasteiger partial charge >= 0.3 is 22.3 Å². The molecule has 0 spiro atoms. The Bertz CT molecular complexity index is 1370. The lowest BCUT2D eigenvalue weighted by atomic mass is 9.99. The van der Waals surface area contributed by atoms with Crippen LogP contribution in [0, 0.1) is 11.8 Å². The Morgan fingerprint density at radius 2 is 1.65 bits per heavy atom. The highest BCUT2D eigenvalue weighted by atomic mass is 32.2. The molecule has 0 radical (unpaired) electrons. The van der Waals surface area contributed by atoms with Gasteiger partial charge in [0, 0.05) is 25.3 Å². The van der Waals surface area contributed by atoms with E-state index in [0.29, 0.717) is 12.9 Å². The number of carbonyl (C=O) groups excluding carboxylic acids is 5. The summed E-state index contributed by atoms with van der Waals surface area (Å²) in [4.78, 5) is 61.1. The number of hydrogen-bond donors (Lipinski definition) is 4. The van der Waals surface area contributed by atoms with Crippen molar-refractivity contribution in [1.82, 2.24) is 19.7 Å². The second-order valence-corrected chi connectivity index (χ2v) is 20.0. The van der Waals surface area contributed by atoms with Crippen molar-refractivity contribution in [3.8, 4) is 0 Å². The lowest BCUT2D eigenvalue weighted by Crippen LogP contribution is -2.54. The van der Waals surface area contributed by atoms with Gasteiger partial charge in [0.05, 0.1) is 19.6 Å². The van der Waals surface area contributed by atoms with Gasteiger partial charge in [0.25, 0.3) is 5.91 Å². The number of anilines is 1. The monoisotopic (exact) mass is 713 g/mol. The van der Waals surface area contributed by atoms with E-state index in [1.165, 1.54) is 7.11 Å². The molecule has 1 aromatic rings. The predicted octanol–water partition coefficient (Wildman–Crippen LogP) is 2.30. The van der Waals surface area contributed by atoms with Crippen LogP contribution in [0.3, 0.4) is 0 Å². The number of benzene rings is 1. The summed E-state index contributed by atoms with van der Waals surface area (Å²) in [5, 5.41) is 8.27. The summed E-state index contributed by atoms with van der Waals surface area (Å²) in [6, 6.07) is 5.59. The molecule has 270 valence electrons. The Balaban J connectivity index is 1.83. The summed E-state index contributed by atoms with van der Waals surface area (Å²) in [5.41, 5.74) is 1.75. The van der Waals surface area contributed by atoms with E-state index >= 15 is 0 Å². The third-order valence-electron chi connectivity index (χ3n) is 8.52. The van der Waals surface area contributed by atoms with Crippen LogP contribution in [-0.4, -0.2) is 96.6 Å². The van der Waals surface area contributed by atoms with Crippen LogP contribution in [0.2, 0.25) is 18.1 Å². The molecule has 1 aliphatic heterocycles. The lowest BCUT2D eigenvalue weighted by molar-refractivity contribution is -0.146. The van der Waals surface area contributed by atoms with Crippen molar-refractivity contribution in [3.63, 3.8) is 0 Å². The van der Waals surface area contributed by atoms with Gasteiger partial charge in [-0.15, -0.1) is 0 Å². The van der Waals surface area contributed by atoms with Crippen molar-refractivity contribution in [1.29, 1.82) is 0 Å². The van der Waals surface area contributed by atoms with E-state index in [1.807, 2.05) is 24.3 Å². The molecule has 0 aromatic heterocycles. The summed E-state index contributed by atoms with van der Waals surface area (Å²) < 4.78 is 43.5. The Hall–Kier alpha value is -3.54. The van der Waals surface area contributed by atoms with E-state index in [9.17, 15) is 32.4 Å². The van der Waals surface area contributed by atoms with Crippen LogP contribution in [0.25, 0.3) is 0 Å². The third kappa shape index (κ3) is 12.5. The fourth-order valence-corrected chi connectivity index (χ4v) is 6.46. The molecule has 0 unspecified atom stereocenters. The predicted molar refractivity (Wildman–Crippen MR) is 181 cm³/mol. The van der Waals surface area contributed by atoms with Crippen molar-refractivity contribution in [2.75, 3.05) is 38.7 Å². The number of ether oxygens (including phenoxy) is 2. The zero-order valence-corrected chi connectivity index (χ0v) is 30.9. The summed E-state index contributed by atoms with van der Waals surface area (Å²) in [6.07, 6.45) is -0.345. The Kier molecular flexibility index (Phi) is 15.0. The molecule has 0 saturated carbocycles. The van der Waals surface area contributed by atoms with Crippen LogP contribution in [-0.2, 0) is 49.9 Å². The number of nitrogens with one attached hydrogen (secondary N) is 4. The standard InChI is InChI=1S/C31H51N5O10SSi/c1-21(2)27(34-26(38)20-45-30(41)35-47(42,43)36-15-13-23(14-16-36)29(40)44-6)28(39)33-25(18-37)17-32-24-11-9-22(10-12-24)19-46-48(7,8)31(3,4)5/h9-12,18,21,23,25,27,32H,13-17,19-20H2,1-8H3,(H,33,39)(H,34,38)(H,35,41)/t25-,27-/m0/s1. The van der Waals surface area contributed by atoms with Gasteiger partial charge < -0.3 is 34.6 Å². The van der Waals surface area contributed by atoms with Gasteiger partial charge in [0.1, 0.15) is 18.4 Å². The van der Waals surface area contributed by atoms with E-state index in [1.54, 1.807) is 18.6 Å². The number of methoxy groups -OCH3 is 1. The minimum atomic E-state index is -4.28. The number of rotatable bonds is 16. The molecular weight excluding hydrogens is 663 g/mol. The molecular formula is C31H51N5O10SSi. The van der Waals surface area contributed by atoms with Gasteiger partial charge in [-0.25, -0.2) is 9.52 Å². The van der Waals surface area contributed by atoms with Crippen LogP contribution in [0.15, 0.2) is 24.3 Å². The van der Waals surface area contributed by atoms with Crippen molar-refractivity contribution in [2.24, 2.45) is 11.8 Å². The van der Waals surface area contributed by atoms with E-state index in [4.69, 9.17) is 9.16 Å². The van der Waals surface area contributed by atoms with Crippen molar-refractivity contribution >= 4 is 54.4 Å². The van der Waals surface area contributed by atoms with E-state index in [2.05, 4.69) is 54.6 Å². The fourth-order valence-electron chi connectivity index (χ4n) is 4.41. The molecule has 2 atom stereocenters. The quantitative estimate of drug-likeness (QED) is 0.111. The number of nitrogens with zero attached hydrogens (tertiary/aromatic N) is 1. The zero-order chi connectivity index (χ0) is 36.3. The highest BCUT2D eigenvalue weighted by Crippen LogP contribution is 2.37. The summed E-state index contributed by atoms with van der Waals surface area (Å²) in [5.74, 6) is -2.75. The largest absolute Gasteiger partial charge is 0.469 e. The van der Waals surface area contributed by atoms with E-state index in [-0.39, 0.29) is 37.5 Å². The maximum absolute atomic E-state index is 13.0. The first kappa shape index (κ1) is 40.6. The van der Waals surface area contributed by atoms with Crippen LogP contribution in [0.5, 0.6) is 0 Å². The molecule has 1 heterocycles. The van der Waals surface area contributed by atoms with Crippen LogP contribution < -0.4 is 20.7 Å². The topological polar surface area (TPSA) is 199 Å². The second-order valence-electron chi connectivity index (χ2n) is 13.5. The minimum absolute atomic E-state index is 0.00925. The molecule has 1 saturated heterocycles. The Labute approximate surface area is 284 Å². The van der Waals surface area contributed by atoms with Crippen LogP contribution in [0.1, 0.15) is 53.0 Å². The number of esters is 1. The van der Waals surface area contributed by atoms with Gasteiger partial charge in [0.15, 0.2) is 14.9 Å². The normalized spacial score (nSPS) is 15.9. The molecule has 4 N–H and O–H groups in total. The first-order valence-corrected chi connectivity index (χ1v) is 20.2. The molecule has 15 nitrogen and oxygen atoms in total. The molecule has 2 rings (SSSR count). The molecule has 3 amide bonds.